The van der Waals surface area contributed by atoms with E-state index in [2.05, 4.69) is 10.3 Å². The van der Waals surface area contributed by atoms with Gasteiger partial charge in [0.25, 0.3) is 0 Å². The fourth-order valence-corrected chi connectivity index (χ4v) is 5.32. The molecular weight excluding hydrogens is 366 g/mol. The van der Waals surface area contributed by atoms with Gasteiger partial charge in [-0.25, -0.2) is 13.2 Å². The number of hydrogen-bond donors (Lipinski definition) is 2. The molecule has 2 rings (SSSR count). The summed E-state index contributed by atoms with van der Waals surface area (Å²) < 4.78 is 32.7. The fraction of sp³-hybridized carbons (Fsp3) is 0.688. The number of rotatable bonds is 6. The lowest BCUT2D eigenvalue weighted by molar-refractivity contribution is 0.0519. The molecule has 0 aromatic carbocycles. The number of nitrogens with zero attached hydrogens (tertiary/aromatic N) is 1. The Hall–Kier alpha value is -1.09. The highest BCUT2D eigenvalue weighted by molar-refractivity contribution is 7.89. The summed E-state index contributed by atoms with van der Waals surface area (Å²) >= 11 is 0. The van der Waals surface area contributed by atoms with Crippen LogP contribution in [0.15, 0.2) is 4.90 Å². The van der Waals surface area contributed by atoms with Gasteiger partial charge >= 0.3 is 5.97 Å². The quantitative estimate of drug-likeness (QED) is 0.719. The number of esters is 1. The Bertz CT molecular complexity index is 700. The molecular formula is C16H28ClN3O4S. The van der Waals surface area contributed by atoms with E-state index in [0.717, 1.165) is 19.4 Å². The van der Waals surface area contributed by atoms with Gasteiger partial charge in [0.15, 0.2) is 0 Å². The topological polar surface area (TPSA) is 91.5 Å². The standard InChI is InChI=1S/C16H27N3O4S.ClH/c1-5-23-16(20)14-11(2)15(12(3)18-14)24(21,22)19-8-6-7-13(10-19)9-17-4;/h13,17-18H,5-10H2,1-4H3;1H. The number of nitrogens with one attached hydrogen (secondary N) is 2. The Labute approximate surface area is 156 Å². The lowest BCUT2D eigenvalue weighted by Gasteiger charge is -2.32. The predicted molar refractivity (Wildman–Crippen MR) is 98.9 cm³/mol. The van der Waals surface area contributed by atoms with E-state index >= 15 is 0 Å². The number of aromatic amines is 1. The zero-order chi connectivity index (χ0) is 17.9. The van der Waals surface area contributed by atoms with Gasteiger partial charge in [0.1, 0.15) is 10.6 Å². The van der Waals surface area contributed by atoms with E-state index in [1.807, 2.05) is 7.05 Å². The molecule has 1 atom stereocenters. The summed E-state index contributed by atoms with van der Waals surface area (Å²) in [5.41, 5.74) is 1.13. The third kappa shape index (κ3) is 4.55. The van der Waals surface area contributed by atoms with Gasteiger partial charge in [0, 0.05) is 24.3 Å². The van der Waals surface area contributed by atoms with Crippen LogP contribution in [0.4, 0.5) is 0 Å². The average Bonchev–Trinajstić information content (AvgIpc) is 2.83. The highest BCUT2D eigenvalue weighted by Crippen LogP contribution is 2.29. The number of aryl methyl sites for hydroxylation is 1. The maximum absolute atomic E-state index is 13.1. The number of hydrogen-bond acceptors (Lipinski definition) is 5. The summed E-state index contributed by atoms with van der Waals surface area (Å²) in [5, 5.41) is 3.12. The first-order chi connectivity index (χ1) is 11.3. The van der Waals surface area contributed by atoms with Crippen molar-refractivity contribution < 1.29 is 17.9 Å². The molecule has 1 aromatic heterocycles. The first-order valence-corrected chi connectivity index (χ1v) is 9.77. The van der Waals surface area contributed by atoms with E-state index in [0.29, 0.717) is 30.3 Å². The van der Waals surface area contributed by atoms with E-state index in [1.54, 1.807) is 20.8 Å². The van der Waals surface area contributed by atoms with Crippen LogP contribution in [0, 0.1) is 19.8 Å². The minimum Gasteiger partial charge on any atom is -0.461 e. The molecule has 0 aliphatic carbocycles. The Morgan fingerprint density at radius 3 is 2.68 bits per heavy atom. The molecule has 0 saturated carbocycles. The van der Waals surface area contributed by atoms with Crippen molar-refractivity contribution in [1.82, 2.24) is 14.6 Å². The molecule has 1 saturated heterocycles. The van der Waals surface area contributed by atoms with Crippen molar-refractivity contribution in [1.29, 1.82) is 0 Å². The summed E-state index contributed by atoms with van der Waals surface area (Å²) in [6, 6.07) is 0. The molecule has 9 heteroatoms. The molecule has 1 unspecified atom stereocenters. The number of aromatic nitrogens is 1. The van der Waals surface area contributed by atoms with Crippen molar-refractivity contribution in [2.75, 3.05) is 33.3 Å². The molecule has 2 N–H and O–H groups in total. The SMILES string of the molecule is CCOC(=O)c1[nH]c(C)c(S(=O)(=O)N2CCCC(CNC)C2)c1C.Cl. The van der Waals surface area contributed by atoms with Gasteiger partial charge in [-0.15, -0.1) is 12.4 Å². The van der Waals surface area contributed by atoms with E-state index in [-0.39, 0.29) is 29.6 Å². The van der Waals surface area contributed by atoms with E-state index < -0.39 is 16.0 Å². The second-order valence-electron chi connectivity index (χ2n) is 6.23. The molecule has 0 bridgehead atoms. The van der Waals surface area contributed by atoms with Crippen molar-refractivity contribution in [2.24, 2.45) is 5.92 Å². The maximum atomic E-state index is 13.1. The molecule has 0 spiro atoms. The van der Waals surface area contributed by atoms with Gasteiger partial charge in [0.05, 0.1) is 6.61 Å². The molecule has 25 heavy (non-hydrogen) atoms. The van der Waals surface area contributed by atoms with Crippen molar-refractivity contribution in [3.63, 3.8) is 0 Å². The van der Waals surface area contributed by atoms with Gasteiger partial charge in [-0.2, -0.15) is 4.31 Å². The predicted octanol–water partition coefficient (Wildman–Crippen LogP) is 1.85. The molecule has 7 nitrogen and oxygen atoms in total. The van der Waals surface area contributed by atoms with Gasteiger partial charge in [-0.1, -0.05) is 0 Å². The summed E-state index contributed by atoms with van der Waals surface area (Å²) in [6.07, 6.45) is 1.87. The summed E-state index contributed by atoms with van der Waals surface area (Å²) in [6.45, 7) is 7.11. The van der Waals surface area contributed by atoms with Crippen LogP contribution >= 0.6 is 12.4 Å². The fourth-order valence-electron chi connectivity index (χ4n) is 3.36. The van der Waals surface area contributed by atoms with Gasteiger partial charge in [-0.05, 0) is 53.1 Å². The van der Waals surface area contributed by atoms with E-state index in [1.165, 1.54) is 4.31 Å². The first kappa shape index (κ1) is 22.0. The summed E-state index contributed by atoms with van der Waals surface area (Å²) in [5.74, 6) is -0.214. The summed E-state index contributed by atoms with van der Waals surface area (Å²) in [4.78, 5) is 15.1. The molecule has 1 aliphatic heterocycles. The average molecular weight is 394 g/mol. The molecule has 1 fully saturated rings. The van der Waals surface area contributed by atoms with Crippen LogP contribution in [-0.4, -0.2) is 57.0 Å². The minimum atomic E-state index is -3.64. The number of piperidine rings is 1. The van der Waals surface area contributed by atoms with Crippen LogP contribution in [0.3, 0.4) is 0 Å². The van der Waals surface area contributed by atoms with Crippen molar-refractivity contribution >= 4 is 28.4 Å². The van der Waals surface area contributed by atoms with Gasteiger partial charge < -0.3 is 15.0 Å². The van der Waals surface area contributed by atoms with Crippen LogP contribution < -0.4 is 5.32 Å². The number of H-pyrrole nitrogens is 1. The van der Waals surface area contributed by atoms with Crippen LogP contribution in [0.2, 0.25) is 0 Å². The van der Waals surface area contributed by atoms with E-state index in [4.69, 9.17) is 4.74 Å². The minimum absolute atomic E-state index is 0. The second-order valence-corrected chi connectivity index (χ2v) is 8.10. The van der Waals surface area contributed by atoms with Gasteiger partial charge in [-0.3, -0.25) is 0 Å². The van der Waals surface area contributed by atoms with Crippen LogP contribution in [0.1, 0.15) is 41.5 Å². The maximum Gasteiger partial charge on any atom is 0.355 e. The lowest BCUT2D eigenvalue weighted by atomic mass is 10.00. The largest absolute Gasteiger partial charge is 0.461 e. The lowest BCUT2D eigenvalue weighted by Crippen LogP contribution is -2.42. The van der Waals surface area contributed by atoms with E-state index in [9.17, 15) is 13.2 Å². The van der Waals surface area contributed by atoms with Crippen LogP contribution in [-0.2, 0) is 14.8 Å². The Morgan fingerprint density at radius 1 is 1.40 bits per heavy atom. The number of sulfonamides is 1. The van der Waals surface area contributed by atoms with Crippen molar-refractivity contribution in [3.8, 4) is 0 Å². The second kappa shape index (κ2) is 9.02. The highest BCUT2D eigenvalue weighted by atomic mass is 35.5. The Kier molecular flexibility index (Phi) is 7.92. The van der Waals surface area contributed by atoms with Gasteiger partial charge in [0.2, 0.25) is 10.0 Å². The Balaban J connectivity index is 0.00000312. The van der Waals surface area contributed by atoms with Crippen molar-refractivity contribution in [3.05, 3.63) is 17.0 Å². The smallest absolute Gasteiger partial charge is 0.355 e. The molecule has 1 aliphatic rings. The molecule has 144 valence electrons. The zero-order valence-electron chi connectivity index (χ0n) is 15.2. The third-order valence-corrected chi connectivity index (χ3v) is 6.56. The number of carbonyl (C=O) groups excluding carboxylic acids is 1. The molecule has 0 radical (unpaired) electrons. The monoisotopic (exact) mass is 393 g/mol. The zero-order valence-corrected chi connectivity index (χ0v) is 16.8. The molecule has 1 aromatic rings. The highest BCUT2D eigenvalue weighted by Gasteiger charge is 2.34. The molecule has 2 heterocycles. The summed E-state index contributed by atoms with van der Waals surface area (Å²) in [7, 11) is -1.76. The molecule has 0 amide bonds. The Morgan fingerprint density at radius 2 is 2.08 bits per heavy atom. The number of carbonyl (C=O) groups is 1. The van der Waals surface area contributed by atoms with Crippen molar-refractivity contribution in [2.45, 2.75) is 38.5 Å². The van der Waals surface area contributed by atoms with Crippen LogP contribution in [0.5, 0.6) is 0 Å². The third-order valence-electron chi connectivity index (χ3n) is 4.42. The number of halogens is 1. The van der Waals surface area contributed by atoms with Crippen LogP contribution in [0.25, 0.3) is 0 Å². The number of ether oxygens (including phenoxy) is 1. The normalized spacial score (nSPS) is 18.6. The first-order valence-electron chi connectivity index (χ1n) is 8.33.